The molecule has 2 aromatic carbocycles. The number of fused-ring (bicyclic) bond motifs is 1. The van der Waals surface area contributed by atoms with Gasteiger partial charge in [-0.1, -0.05) is 60.7 Å². The average Bonchev–Trinajstić information content (AvgIpc) is 3.48. The Balaban J connectivity index is 0.000000446. The molecule has 1 fully saturated rings. The predicted molar refractivity (Wildman–Crippen MR) is 158 cm³/mol. The molecule has 0 aliphatic carbocycles. The summed E-state index contributed by atoms with van der Waals surface area (Å²) in [4.78, 5) is 25.9. The monoisotopic (exact) mass is 572 g/mol. The van der Waals surface area contributed by atoms with Gasteiger partial charge in [-0.25, -0.2) is 19.1 Å². The van der Waals surface area contributed by atoms with Crippen LogP contribution in [-0.2, 0) is 14.3 Å². The first-order valence-electron chi connectivity index (χ1n) is 13.9. The Morgan fingerprint density at radius 3 is 2.14 bits per heavy atom. The number of benzene rings is 2. The lowest BCUT2D eigenvalue weighted by molar-refractivity contribution is -0.134. The fourth-order valence-corrected chi connectivity index (χ4v) is 4.79. The molecule has 1 aliphatic rings. The van der Waals surface area contributed by atoms with Crippen LogP contribution in [0.1, 0.15) is 42.1 Å². The van der Waals surface area contributed by atoms with E-state index in [1.54, 1.807) is 10.7 Å². The van der Waals surface area contributed by atoms with Crippen LogP contribution in [0.5, 0.6) is 5.88 Å². The number of aromatic nitrogens is 3. The van der Waals surface area contributed by atoms with Crippen LogP contribution in [0.25, 0.3) is 5.65 Å². The topological polar surface area (TPSA) is 126 Å². The fraction of sp³-hybridized carbons (Fsp3) is 0.312. The van der Waals surface area contributed by atoms with Gasteiger partial charge in [0.05, 0.1) is 12.7 Å². The number of rotatable bonds is 11. The van der Waals surface area contributed by atoms with E-state index in [2.05, 4.69) is 75.6 Å². The van der Waals surface area contributed by atoms with Gasteiger partial charge in [-0.15, -0.1) is 5.10 Å². The van der Waals surface area contributed by atoms with Crippen LogP contribution in [0.15, 0.2) is 91.3 Å². The van der Waals surface area contributed by atoms with Gasteiger partial charge in [0.1, 0.15) is 6.10 Å². The van der Waals surface area contributed by atoms with Gasteiger partial charge < -0.3 is 24.6 Å². The van der Waals surface area contributed by atoms with Crippen LogP contribution in [0.2, 0.25) is 0 Å². The molecule has 5 rings (SSSR count). The van der Waals surface area contributed by atoms with E-state index < -0.39 is 11.9 Å². The van der Waals surface area contributed by atoms with Crippen LogP contribution >= 0.6 is 0 Å². The van der Waals surface area contributed by atoms with Crippen molar-refractivity contribution in [2.24, 2.45) is 0 Å². The molecule has 0 saturated carbocycles. The van der Waals surface area contributed by atoms with E-state index in [0.717, 1.165) is 50.1 Å². The standard InChI is InChI=1S/C28H32N4O2.C4H4O4/c1-22-21-26(30-32-19-15-29-28(22)32)33-20-8-16-31-17-13-25(14-18-31)34-27(23-9-4-2-5-10-23)24-11-6-3-7-12-24;5-3(6)1-2-4(7)8/h2-7,9-12,15,19,21,25,27H,8,13-14,16-18,20H2,1H3;1-2H,(H,5,6)(H,7,8)/b;2-1+. The summed E-state index contributed by atoms with van der Waals surface area (Å²) >= 11 is 0. The number of imidazole rings is 1. The van der Waals surface area contributed by atoms with Gasteiger partial charge in [-0.05, 0) is 42.9 Å². The first-order valence-corrected chi connectivity index (χ1v) is 13.9. The second-order valence-electron chi connectivity index (χ2n) is 9.95. The van der Waals surface area contributed by atoms with Crippen molar-refractivity contribution in [1.82, 2.24) is 19.5 Å². The molecular weight excluding hydrogens is 536 g/mol. The SMILES string of the molecule is Cc1cc(OCCCN2CCC(OC(c3ccccc3)c3ccccc3)CC2)nn2ccnc12.O=C(O)/C=C/C(=O)O. The van der Waals surface area contributed by atoms with Gasteiger partial charge in [0.2, 0.25) is 5.88 Å². The normalized spacial score (nSPS) is 14.1. The summed E-state index contributed by atoms with van der Waals surface area (Å²) in [5.41, 5.74) is 4.37. The molecule has 0 unspecified atom stereocenters. The van der Waals surface area contributed by atoms with Gasteiger partial charge in [0.15, 0.2) is 5.65 Å². The highest BCUT2D eigenvalue weighted by Crippen LogP contribution is 2.30. The van der Waals surface area contributed by atoms with Crippen molar-refractivity contribution in [3.8, 4) is 5.88 Å². The van der Waals surface area contributed by atoms with Crippen molar-refractivity contribution in [3.63, 3.8) is 0 Å². The second kappa shape index (κ2) is 15.5. The molecular formula is C32H36N4O6. The van der Waals surface area contributed by atoms with Crippen LogP contribution < -0.4 is 4.74 Å². The molecule has 0 amide bonds. The molecule has 2 aromatic heterocycles. The van der Waals surface area contributed by atoms with Crippen molar-refractivity contribution < 1.29 is 29.3 Å². The minimum atomic E-state index is -1.26. The molecule has 10 nitrogen and oxygen atoms in total. The number of piperidine rings is 1. The smallest absolute Gasteiger partial charge is 0.328 e. The molecule has 0 bridgehead atoms. The first kappa shape index (κ1) is 30.4. The molecule has 0 atom stereocenters. The highest BCUT2D eigenvalue weighted by molar-refractivity contribution is 5.89. The number of nitrogens with zero attached hydrogens (tertiary/aromatic N) is 4. The quantitative estimate of drug-likeness (QED) is 0.193. The number of likely N-dealkylation sites (tertiary alicyclic amines) is 1. The summed E-state index contributed by atoms with van der Waals surface area (Å²) < 4.78 is 14.4. The molecule has 0 radical (unpaired) electrons. The number of carbonyl (C=O) groups is 2. The molecule has 2 N–H and O–H groups in total. The van der Waals surface area contributed by atoms with E-state index in [1.165, 1.54) is 11.1 Å². The van der Waals surface area contributed by atoms with E-state index in [9.17, 15) is 9.59 Å². The third-order valence-corrected chi connectivity index (χ3v) is 6.83. The Bertz CT molecular complexity index is 1390. The third kappa shape index (κ3) is 9.25. The van der Waals surface area contributed by atoms with Gasteiger partial charge in [0.25, 0.3) is 0 Å². The number of aliphatic carboxylic acids is 2. The average molecular weight is 573 g/mol. The largest absolute Gasteiger partial charge is 0.478 e. The van der Waals surface area contributed by atoms with E-state index >= 15 is 0 Å². The molecule has 1 saturated heterocycles. The highest BCUT2D eigenvalue weighted by Gasteiger charge is 2.24. The summed E-state index contributed by atoms with van der Waals surface area (Å²) in [6.07, 6.45) is 8.05. The Morgan fingerprint density at radius 2 is 1.57 bits per heavy atom. The summed E-state index contributed by atoms with van der Waals surface area (Å²) in [7, 11) is 0. The van der Waals surface area contributed by atoms with Crippen molar-refractivity contribution in [2.75, 3.05) is 26.2 Å². The Morgan fingerprint density at radius 1 is 0.976 bits per heavy atom. The Kier molecular flexibility index (Phi) is 11.2. The van der Waals surface area contributed by atoms with E-state index in [0.29, 0.717) is 24.6 Å². The summed E-state index contributed by atoms with van der Waals surface area (Å²) in [6.45, 7) is 5.83. The maximum absolute atomic E-state index is 9.55. The molecule has 10 heteroatoms. The lowest BCUT2D eigenvalue weighted by Crippen LogP contribution is -2.38. The summed E-state index contributed by atoms with van der Waals surface area (Å²) in [5, 5.41) is 20.1. The second-order valence-corrected chi connectivity index (χ2v) is 9.95. The molecule has 3 heterocycles. The molecule has 0 spiro atoms. The van der Waals surface area contributed by atoms with E-state index in [-0.39, 0.29) is 12.2 Å². The summed E-state index contributed by atoms with van der Waals surface area (Å²) in [5.74, 6) is -1.86. The summed E-state index contributed by atoms with van der Waals surface area (Å²) in [6, 6.07) is 23.1. The highest BCUT2D eigenvalue weighted by atomic mass is 16.5. The fourth-order valence-electron chi connectivity index (χ4n) is 4.79. The number of hydrogen-bond acceptors (Lipinski definition) is 7. The zero-order valence-electron chi connectivity index (χ0n) is 23.6. The zero-order valence-corrected chi connectivity index (χ0v) is 23.6. The lowest BCUT2D eigenvalue weighted by Gasteiger charge is -2.34. The van der Waals surface area contributed by atoms with Gasteiger partial charge in [-0.2, -0.15) is 0 Å². The van der Waals surface area contributed by atoms with Gasteiger partial charge in [-0.3, -0.25) is 0 Å². The number of carboxylic acid groups (broad SMARTS) is 2. The van der Waals surface area contributed by atoms with Crippen molar-refractivity contribution in [2.45, 2.75) is 38.4 Å². The minimum Gasteiger partial charge on any atom is -0.478 e. The van der Waals surface area contributed by atoms with Crippen molar-refractivity contribution >= 4 is 17.6 Å². The maximum atomic E-state index is 9.55. The van der Waals surface area contributed by atoms with Crippen LogP contribution in [0.4, 0.5) is 0 Å². The van der Waals surface area contributed by atoms with Crippen molar-refractivity contribution in [3.05, 3.63) is 108 Å². The Hall–Kier alpha value is -4.54. The van der Waals surface area contributed by atoms with Crippen molar-refractivity contribution in [1.29, 1.82) is 0 Å². The minimum absolute atomic E-state index is 0.0175. The lowest BCUT2D eigenvalue weighted by atomic mass is 10.00. The van der Waals surface area contributed by atoms with Crippen LogP contribution in [0, 0.1) is 6.92 Å². The molecule has 220 valence electrons. The van der Waals surface area contributed by atoms with Gasteiger partial charge in [0, 0.05) is 50.2 Å². The predicted octanol–water partition coefficient (Wildman–Crippen LogP) is 4.79. The number of hydrogen-bond donors (Lipinski definition) is 2. The van der Waals surface area contributed by atoms with E-state index in [1.807, 2.05) is 19.2 Å². The molecule has 42 heavy (non-hydrogen) atoms. The van der Waals surface area contributed by atoms with Crippen LogP contribution in [-0.4, -0.2) is 74.0 Å². The maximum Gasteiger partial charge on any atom is 0.328 e. The van der Waals surface area contributed by atoms with Gasteiger partial charge >= 0.3 is 11.9 Å². The first-order chi connectivity index (χ1) is 20.4. The Labute approximate surface area is 244 Å². The number of carboxylic acids is 2. The number of aryl methyl sites for hydroxylation is 1. The molecule has 4 aromatic rings. The zero-order chi connectivity index (χ0) is 29.7. The number of ether oxygens (including phenoxy) is 2. The van der Waals surface area contributed by atoms with Crippen LogP contribution in [0.3, 0.4) is 0 Å². The third-order valence-electron chi connectivity index (χ3n) is 6.83. The van der Waals surface area contributed by atoms with E-state index in [4.69, 9.17) is 19.7 Å². The molecule has 1 aliphatic heterocycles.